The second-order valence-electron chi connectivity index (χ2n) is 4.12. The van der Waals surface area contributed by atoms with Crippen molar-refractivity contribution in [2.24, 2.45) is 0 Å². The Morgan fingerprint density at radius 1 is 1.15 bits per heavy atom. The molecule has 8 heteroatoms. The molecule has 20 heavy (non-hydrogen) atoms. The van der Waals surface area contributed by atoms with Crippen LogP contribution in [0.2, 0.25) is 10.0 Å². The fraction of sp³-hybridized carbons (Fsp3) is 0.0833. The van der Waals surface area contributed by atoms with E-state index in [0.717, 1.165) is 11.3 Å². The summed E-state index contributed by atoms with van der Waals surface area (Å²) in [6.45, 7) is 0. The molecule has 5 nitrogen and oxygen atoms in total. The van der Waals surface area contributed by atoms with Crippen LogP contribution in [0.4, 0.5) is 5.13 Å². The molecule has 0 saturated carbocycles. The molecule has 0 fully saturated rings. The topological polar surface area (TPSA) is 80.5 Å². The van der Waals surface area contributed by atoms with Crippen LogP contribution in [0.15, 0.2) is 23.6 Å². The summed E-state index contributed by atoms with van der Waals surface area (Å²) in [7, 11) is 0. The SMILES string of the molecule is Nc1nc(Cc2nc(-c3cc(Cl)cc(Cl)c3)n[nH]2)cs1. The molecule has 3 rings (SSSR count). The van der Waals surface area contributed by atoms with Gasteiger partial charge in [-0.15, -0.1) is 11.3 Å². The zero-order valence-electron chi connectivity index (χ0n) is 10.1. The molecule has 2 heterocycles. The molecular formula is C12H9Cl2N5S. The van der Waals surface area contributed by atoms with Crippen LogP contribution in [-0.4, -0.2) is 20.2 Å². The highest BCUT2D eigenvalue weighted by Crippen LogP contribution is 2.25. The highest BCUT2D eigenvalue weighted by atomic mass is 35.5. The van der Waals surface area contributed by atoms with Gasteiger partial charge in [0.25, 0.3) is 0 Å². The number of benzene rings is 1. The van der Waals surface area contributed by atoms with Crippen molar-refractivity contribution in [3.63, 3.8) is 0 Å². The first kappa shape index (κ1) is 13.4. The van der Waals surface area contributed by atoms with E-state index < -0.39 is 0 Å². The van der Waals surface area contributed by atoms with E-state index in [1.807, 2.05) is 5.38 Å². The average molecular weight is 326 g/mol. The first-order valence-corrected chi connectivity index (χ1v) is 7.31. The Balaban J connectivity index is 1.86. The van der Waals surface area contributed by atoms with Gasteiger partial charge in [-0.2, -0.15) is 5.10 Å². The maximum atomic E-state index is 5.97. The van der Waals surface area contributed by atoms with Crippen molar-refractivity contribution in [2.45, 2.75) is 6.42 Å². The lowest BCUT2D eigenvalue weighted by Gasteiger charge is -1.97. The van der Waals surface area contributed by atoms with Crippen molar-refractivity contribution in [2.75, 3.05) is 5.73 Å². The molecule has 0 bridgehead atoms. The summed E-state index contributed by atoms with van der Waals surface area (Å²) >= 11 is 13.3. The third-order valence-corrected chi connectivity index (χ3v) is 3.73. The summed E-state index contributed by atoms with van der Waals surface area (Å²) in [5.74, 6) is 1.26. The van der Waals surface area contributed by atoms with E-state index in [1.165, 1.54) is 11.3 Å². The van der Waals surface area contributed by atoms with E-state index in [0.29, 0.717) is 33.2 Å². The predicted octanol–water partition coefficient (Wildman–Crippen LogP) is 3.41. The van der Waals surface area contributed by atoms with Crippen LogP contribution in [0.3, 0.4) is 0 Å². The maximum absolute atomic E-state index is 5.97. The third kappa shape index (κ3) is 2.92. The summed E-state index contributed by atoms with van der Waals surface area (Å²) in [6.07, 6.45) is 0.551. The lowest BCUT2D eigenvalue weighted by atomic mass is 10.2. The highest BCUT2D eigenvalue weighted by Gasteiger charge is 2.09. The van der Waals surface area contributed by atoms with Gasteiger partial charge in [0.2, 0.25) is 0 Å². The molecule has 3 aromatic rings. The van der Waals surface area contributed by atoms with Gasteiger partial charge in [0.05, 0.1) is 12.1 Å². The summed E-state index contributed by atoms with van der Waals surface area (Å²) < 4.78 is 0. The van der Waals surface area contributed by atoms with Gasteiger partial charge in [0.1, 0.15) is 5.82 Å². The normalized spacial score (nSPS) is 10.9. The van der Waals surface area contributed by atoms with Crippen molar-refractivity contribution in [1.82, 2.24) is 20.2 Å². The summed E-state index contributed by atoms with van der Waals surface area (Å²) in [5, 5.41) is 10.6. The Kier molecular flexibility index (Phi) is 3.60. The summed E-state index contributed by atoms with van der Waals surface area (Å²) in [6, 6.07) is 5.20. The quantitative estimate of drug-likeness (QED) is 0.773. The number of hydrogen-bond donors (Lipinski definition) is 2. The lowest BCUT2D eigenvalue weighted by Crippen LogP contribution is -1.92. The van der Waals surface area contributed by atoms with Crippen LogP contribution in [-0.2, 0) is 6.42 Å². The van der Waals surface area contributed by atoms with Crippen LogP contribution in [0, 0.1) is 0 Å². The smallest absolute Gasteiger partial charge is 0.181 e. The molecular weight excluding hydrogens is 317 g/mol. The number of nitrogens with zero attached hydrogens (tertiary/aromatic N) is 3. The van der Waals surface area contributed by atoms with Gasteiger partial charge in [-0.3, -0.25) is 5.10 Å². The lowest BCUT2D eigenvalue weighted by molar-refractivity contribution is 0.952. The van der Waals surface area contributed by atoms with Crippen LogP contribution < -0.4 is 5.73 Å². The number of hydrogen-bond acceptors (Lipinski definition) is 5. The number of nitrogens with two attached hydrogens (primary N) is 1. The zero-order chi connectivity index (χ0) is 14.1. The highest BCUT2D eigenvalue weighted by molar-refractivity contribution is 7.13. The van der Waals surface area contributed by atoms with Crippen molar-refractivity contribution >= 4 is 39.7 Å². The van der Waals surface area contributed by atoms with Crippen molar-refractivity contribution in [3.8, 4) is 11.4 Å². The van der Waals surface area contributed by atoms with Crippen molar-refractivity contribution < 1.29 is 0 Å². The van der Waals surface area contributed by atoms with Gasteiger partial charge >= 0.3 is 0 Å². The van der Waals surface area contributed by atoms with Gasteiger partial charge in [0, 0.05) is 21.0 Å². The summed E-state index contributed by atoms with van der Waals surface area (Å²) in [4.78, 5) is 8.59. The fourth-order valence-corrected chi connectivity index (χ4v) is 2.85. The summed E-state index contributed by atoms with van der Waals surface area (Å²) in [5.41, 5.74) is 7.22. The number of aromatic nitrogens is 4. The van der Waals surface area contributed by atoms with Crippen LogP contribution in [0.25, 0.3) is 11.4 Å². The van der Waals surface area contributed by atoms with Gasteiger partial charge in [0.15, 0.2) is 11.0 Å². The van der Waals surface area contributed by atoms with Crippen LogP contribution >= 0.6 is 34.5 Å². The standard InChI is InChI=1S/C12H9Cl2N5S/c13-7-1-6(2-8(14)3-7)11-17-10(18-19-11)4-9-5-20-12(15)16-9/h1-3,5H,4H2,(H2,15,16)(H,17,18,19). The number of nitrogen functional groups attached to an aromatic ring is 1. The van der Waals surface area contributed by atoms with Crippen molar-refractivity contribution in [3.05, 3.63) is 45.1 Å². The maximum Gasteiger partial charge on any atom is 0.181 e. The van der Waals surface area contributed by atoms with Crippen LogP contribution in [0.1, 0.15) is 11.5 Å². The number of thiazole rings is 1. The molecule has 0 aliphatic heterocycles. The third-order valence-electron chi connectivity index (χ3n) is 2.57. The molecule has 102 valence electrons. The Morgan fingerprint density at radius 2 is 1.90 bits per heavy atom. The Morgan fingerprint density at radius 3 is 2.55 bits per heavy atom. The molecule has 0 aliphatic carbocycles. The number of rotatable bonds is 3. The predicted molar refractivity (Wildman–Crippen MR) is 81.2 cm³/mol. The van der Waals surface area contributed by atoms with Gasteiger partial charge in [-0.05, 0) is 18.2 Å². The molecule has 2 aromatic heterocycles. The average Bonchev–Trinajstić information content (AvgIpc) is 2.98. The van der Waals surface area contributed by atoms with E-state index in [1.54, 1.807) is 18.2 Å². The second-order valence-corrected chi connectivity index (χ2v) is 5.88. The number of H-pyrrole nitrogens is 1. The fourth-order valence-electron chi connectivity index (χ4n) is 1.76. The van der Waals surface area contributed by atoms with Gasteiger partial charge in [-0.1, -0.05) is 23.2 Å². The number of nitrogens with one attached hydrogen (secondary N) is 1. The van der Waals surface area contributed by atoms with Gasteiger partial charge < -0.3 is 5.73 Å². The molecule has 0 radical (unpaired) electrons. The minimum atomic E-state index is 0.543. The Labute approximate surface area is 128 Å². The molecule has 0 spiro atoms. The minimum absolute atomic E-state index is 0.543. The number of anilines is 1. The first-order chi connectivity index (χ1) is 9.60. The molecule has 0 amide bonds. The Hall–Kier alpha value is -1.63. The second kappa shape index (κ2) is 5.40. The first-order valence-electron chi connectivity index (χ1n) is 5.68. The molecule has 0 unspecified atom stereocenters. The Bertz CT molecular complexity index is 732. The van der Waals surface area contributed by atoms with E-state index in [4.69, 9.17) is 28.9 Å². The van der Waals surface area contributed by atoms with E-state index >= 15 is 0 Å². The largest absolute Gasteiger partial charge is 0.375 e. The number of halogens is 2. The number of aromatic amines is 1. The molecule has 0 aliphatic rings. The van der Waals surface area contributed by atoms with E-state index in [-0.39, 0.29) is 0 Å². The minimum Gasteiger partial charge on any atom is -0.375 e. The van der Waals surface area contributed by atoms with Gasteiger partial charge in [-0.25, -0.2) is 9.97 Å². The monoisotopic (exact) mass is 325 g/mol. The van der Waals surface area contributed by atoms with E-state index in [2.05, 4.69) is 20.2 Å². The van der Waals surface area contributed by atoms with Crippen molar-refractivity contribution in [1.29, 1.82) is 0 Å². The van der Waals surface area contributed by atoms with Crippen LogP contribution in [0.5, 0.6) is 0 Å². The zero-order valence-corrected chi connectivity index (χ0v) is 12.4. The van der Waals surface area contributed by atoms with E-state index in [9.17, 15) is 0 Å². The molecule has 0 saturated heterocycles. The molecule has 0 atom stereocenters. The molecule has 3 N–H and O–H groups in total. The molecule has 1 aromatic carbocycles.